The maximum Gasteiger partial charge on any atom is 0.128 e. The number of hydrogen-bond donors (Lipinski definition) is 1. The second kappa shape index (κ2) is 7.34. The highest BCUT2D eigenvalue weighted by Crippen LogP contribution is 2.20. The number of aliphatic hydroxyl groups is 1. The minimum absolute atomic E-state index is 0.341. The van der Waals surface area contributed by atoms with Crippen LogP contribution in [0.15, 0.2) is 48.5 Å². The molecule has 0 fully saturated rings. The maximum absolute atomic E-state index is 13.6. The first kappa shape index (κ1) is 15.7. The van der Waals surface area contributed by atoms with Crippen LogP contribution in [0.4, 0.5) is 4.39 Å². The van der Waals surface area contributed by atoms with Crippen LogP contribution >= 0.6 is 0 Å². The predicted octanol–water partition coefficient (Wildman–Crippen LogP) is 3.69. The summed E-state index contributed by atoms with van der Waals surface area (Å²) >= 11 is 0. The fraction of sp³-hybridized carbons (Fsp3) is 0.333. The van der Waals surface area contributed by atoms with Gasteiger partial charge in [-0.2, -0.15) is 0 Å². The molecule has 0 saturated carbocycles. The summed E-state index contributed by atoms with van der Waals surface area (Å²) < 4.78 is 13.6. The van der Waals surface area contributed by atoms with Gasteiger partial charge in [0, 0.05) is 18.7 Å². The predicted molar refractivity (Wildman–Crippen MR) is 83.5 cm³/mol. The molecule has 0 aliphatic heterocycles. The van der Waals surface area contributed by atoms with E-state index in [1.807, 2.05) is 19.2 Å². The molecule has 21 heavy (non-hydrogen) atoms. The first-order chi connectivity index (χ1) is 10.1. The third-order valence-electron chi connectivity index (χ3n) is 3.75. The average molecular weight is 287 g/mol. The van der Waals surface area contributed by atoms with Crippen LogP contribution in [0.5, 0.6) is 0 Å². The van der Waals surface area contributed by atoms with E-state index in [0.717, 1.165) is 6.54 Å². The van der Waals surface area contributed by atoms with Crippen LogP contribution in [0.1, 0.15) is 29.2 Å². The smallest absolute Gasteiger partial charge is 0.128 e. The second-order valence-electron chi connectivity index (χ2n) is 5.49. The molecule has 0 bridgehead atoms. The summed E-state index contributed by atoms with van der Waals surface area (Å²) in [5.74, 6) is -0.341. The van der Waals surface area contributed by atoms with Crippen LogP contribution in [0.3, 0.4) is 0 Å². The van der Waals surface area contributed by atoms with Crippen molar-refractivity contribution in [3.05, 3.63) is 71.0 Å². The van der Waals surface area contributed by atoms with E-state index in [2.05, 4.69) is 24.0 Å². The molecule has 2 aromatic carbocycles. The van der Waals surface area contributed by atoms with Crippen LogP contribution in [-0.4, -0.2) is 23.6 Å². The largest absolute Gasteiger partial charge is 0.388 e. The molecule has 0 amide bonds. The fourth-order valence-corrected chi connectivity index (χ4v) is 2.40. The summed E-state index contributed by atoms with van der Waals surface area (Å²) in [6.45, 7) is 3.64. The molecule has 0 radical (unpaired) electrons. The third kappa shape index (κ3) is 4.38. The van der Waals surface area contributed by atoms with Crippen LogP contribution < -0.4 is 0 Å². The lowest BCUT2D eigenvalue weighted by molar-refractivity contribution is 0.144. The fourth-order valence-electron chi connectivity index (χ4n) is 2.40. The standard InChI is InChI=1S/C18H22FNO/c1-14-7-3-4-8-15(14)13-20(2)12-11-18(21)16-9-5-6-10-17(16)19/h3-10,18,21H,11-13H2,1-2H3. The van der Waals surface area contributed by atoms with Gasteiger partial charge in [-0.15, -0.1) is 0 Å². The number of aryl methyl sites for hydroxylation is 1. The topological polar surface area (TPSA) is 23.5 Å². The first-order valence-electron chi connectivity index (χ1n) is 7.23. The van der Waals surface area contributed by atoms with Crippen molar-refractivity contribution in [2.45, 2.75) is 26.0 Å². The van der Waals surface area contributed by atoms with E-state index < -0.39 is 6.10 Å². The Labute approximate surface area is 125 Å². The Bertz CT molecular complexity index is 585. The molecule has 0 saturated heterocycles. The quantitative estimate of drug-likeness (QED) is 0.876. The van der Waals surface area contributed by atoms with Crippen molar-refractivity contribution in [3.63, 3.8) is 0 Å². The van der Waals surface area contributed by atoms with Crippen LogP contribution in [-0.2, 0) is 6.54 Å². The van der Waals surface area contributed by atoms with Crippen LogP contribution in [0, 0.1) is 12.7 Å². The third-order valence-corrected chi connectivity index (χ3v) is 3.75. The van der Waals surface area contributed by atoms with Crippen LogP contribution in [0.25, 0.3) is 0 Å². The van der Waals surface area contributed by atoms with Crippen molar-refractivity contribution >= 4 is 0 Å². The van der Waals surface area contributed by atoms with Crippen molar-refractivity contribution in [1.29, 1.82) is 0 Å². The Hall–Kier alpha value is -1.71. The Kier molecular flexibility index (Phi) is 5.48. The van der Waals surface area contributed by atoms with E-state index in [1.54, 1.807) is 18.2 Å². The van der Waals surface area contributed by atoms with E-state index in [4.69, 9.17) is 0 Å². The van der Waals surface area contributed by atoms with Gasteiger partial charge in [-0.25, -0.2) is 4.39 Å². The normalized spacial score (nSPS) is 12.6. The summed E-state index contributed by atoms with van der Waals surface area (Å²) in [5, 5.41) is 10.1. The van der Waals surface area contributed by atoms with Crippen molar-refractivity contribution in [2.75, 3.05) is 13.6 Å². The van der Waals surface area contributed by atoms with Crippen molar-refractivity contribution in [1.82, 2.24) is 4.90 Å². The highest BCUT2D eigenvalue weighted by Gasteiger charge is 2.13. The number of rotatable bonds is 6. The number of benzene rings is 2. The lowest BCUT2D eigenvalue weighted by Gasteiger charge is -2.20. The number of hydrogen-bond acceptors (Lipinski definition) is 2. The molecule has 0 aliphatic rings. The molecular weight excluding hydrogens is 265 g/mol. The van der Waals surface area contributed by atoms with Gasteiger partial charge in [0.05, 0.1) is 6.10 Å². The van der Waals surface area contributed by atoms with Gasteiger partial charge in [-0.1, -0.05) is 42.5 Å². The Morgan fingerprint density at radius 2 is 1.76 bits per heavy atom. The highest BCUT2D eigenvalue weighted by molar-refractivity contribution is 5.25. The van der Waals surface area contributed by atoms with Crippen molar-refractivity contribution < 1.29 is 9.50 Å². The van der Waals surface area contributed by atoms with E-state index >= 15 is 0 Å². The zero-order chi connectivity index (χ0) is 15.2. The van der Waals surface area contributed by atoms with Gasteiger partial charge in [-0.3, -0.25) is 0 Å². The zero-order valence-electron chi connectivity index (χ0n) is 12.6. The van der Waals surface area contributed by atoms with E-state index in [1.165, 1.54) is 17.2 Å². The molecule has 0 aliphatic carbocycles. The molecule has 0 heterocycles. The van der Waals surface area contributed by atoms with Gasteiger partial charge >= 0.3 is 0 Å². The molecule has 0 aromatic heterocycles. The van der Waals surface area contributed by atoms with Gasteiger partial charge < -0.3 is 10.0 Å². The minimum Gasteiger partial charge on any atom is -0.388 e. The van der Waals surface area contributed by atoms with Gasteiger partial charge in [0.1, 0.15) is 5.82 Å². The summed E-state index contributed by atoms with van der Waals surface area (Å²) in [7, 11) is 2.01. The summed E-state index contributed by atoms with van der Waals surface area (Å²) in [5.41, 5.74) is 2.92. The van der Waals surface area contributed by atoms with E-state index in [-0.39, 0.29) is 5.82 Å². The summed E-state index contributed by atoms with van der Waals surface area (Å²) in [6, 6.07) is 14.7. The van der Waals surface area contributed by atoms with E-state index in [9.17, 15) is 9.50 Å². The first-order valence-corrected chi connectivity index (χ1v) is 7.23. The second-order valence-corrected chi connectivity index (χ2v) is 5.49. The monoisotopic (exact) mass is 287 g/mol. The highest BCUT2D eigenvalue weighted by atomic mass is 19.1. The summed E-state index contributed by atoms with van der Waals surface area (Å²) in [6.07, 6.45) is -0.242. The van der Waals surface area contributed by atoms with Crippen molar-refractivity contribution in [3.8, 4) is 0 Å². The summed E-state index contributed by atoms with van der Waals surface area (Å²) in [4.78, 5) is 2.15. The minimum atomic E-state index is -0.759. The average Bonchev–Trinajstić information content (AvgIpc) is 2.48. The lowest BCUT2D eigenvalue weighted by atomic mass is 10.1. The molecule has 3 heteroatoms. The molecule has 2 aromatic rings. The van der Waals surface area contributed by atoms with Crippen molar-refractivity contribution in [2.24, 2.45) is 0 Å². The van der Waals surface area contributed by atoms with Gasteiger partial charge in [0.25, 0.3) is 0 Å². The SMILES string of the molecule is Cc1ccccc1CN(C)CCC(O)c1ccccc1F. The molecule has 1 atom stereocenters. The van der Waals surface area contributed by atoms with Gasteiger partial charge in [0.15, 0.2) is 0 Å². The molecule has 2 rings (SSSR count). The zero-order valence-corrected chi connectivity index (χ0v) is 12.6. The molecule has 1 N–H and O–H groups in total. The Balaban J connectivity index is 1.88. The van der Waals surface area contributed by atoms with Crippen LogP contribution in [0.2, 0.25) is 0 Å². The Morgan fingerprint density at radius 3 is 2.48 bits per heavy atom. The molecule has 0 spiro atoms. The van der Waals surface area contributed by atoms with E-state index in [0.29, 0.717) is 18.5 Å². The number of aliphatic hydroxyl groups excluding tert-OH is 1. The Morgan fingerprint density at radius 1 is 1.10 bits per heavy atom. The number of nitrogens with zero attached hydrogens (tertiary/aromatic N) is 1. The number of halogens is 1. The molecular formula is C18H22FNO. The lowest BCUT2D eigenvalue weighted by Crippen LogP contribution is -2.21. The maximum atomic E-state index is 13.6. The van der Waals surface area contributed by atoms with Gasteiger partial charge in [-0.05, 0) is 37.6 Å². The van der Waals surface area contributed by atoms with Gasteiger partial charge in [0.2, 0.25) is 0 Å². The molecule has 112 valence electrons. The molecule has 1 unspecified atom stereocenters. The molecule has 2 nitrogen and oxygen atoms in total.